The van der Waals surface area contributed by atoms with Crippen LogP contribution in [0.15, 0.2) is 24.3 Å². The summed E-state index contributed by atoms with van der Waals surface area (Å²) in [5.74, 6) is 4.09. The van der Waals surface area contributed by atoms with Crippen molar-refractivity contribution in [3.8, 4) is 0 Å². The van der Waals surface area contributed by atoms with Crippen LogP contribution in [0, 0.1) is 5.92 Å². The third kappa shape index (κ3) is 2.49. The number of hydrogen-bond acceptors (Lipinski definition) is 2. The Bertz CT molecular complexity index is 318. The molecule has 0 spiro atoms. The maximum absolute atomic E-state index is 6.02. The molecule has 2 heteroatoms. The SMILES string of the molecule is CC(c1ccccc1N)C1CCSCC1. The molecule has 0 aliphatic carbocycles. The molecular weight excluding hydrogens is 202 g/mol. The minimum atomic E-state index is 0.618. The molecule has 1 saturated heterocycles. The lowest BCUT2D eigenvalue weighted by molar-refractivity contribution is 0.418. The molecule has 1 atom stereocenters. The fraction of sp³-hybridized carbons (Fsp3) is 0.538. The van der Waals surface area contributed by atoms with Gasteiger partial charge in [-0.15, -0.1) is 0 Å². The van der Waals surface area contributed by atoms with Crippen molar-refractivity contribution in [2.45, 2.75) is 25.7 Å². The normalized spacial score (nSPS) is 20.1. The minimum Gasteiger partial charge on any atom is -0.398 e. The van der Waals surface area contributed by atoms with E-state index in [0.29, 0.717) is 5.92 Å². The number of benzene rings is 1. The van der Waals surface area contributed by atoms with Gasteiger partial charge in [-0.2, -0.15) is 11.8 Å². The Morgan fingerprint density at radius 1 is 1.27 bits per heavy atom. The van der Waals surface area contributed by atoms with Gasteiger partial charge in [-0.3, -0.25) is 0 Å². The van der Waals surface area contributed by atoms with Crippen LogP contribution < -0.4 is 5.73 Å². The molecule has 0 amide bonds. The monoisotopic (exact) mass is 221 g/mol. The van der Waals surface area contributed by atoms with Crippen LogP contribution in [-0.2, 0) is 0 Å². The van der Waals surface area contributed by atoms with Crippen molar-refractivity contribution < 1.29 is 0 Å². The molecule has 2 N–H and O–H groups in total. The lowest BCUT2D eigenvalue weighted by atomic mass is 9.83. The molecular formula is C13H19NS. The maximum Gasteiger partial charge on any atom is 0.0349 e. The molecule has 2 rings (SSSR count). The Balaban J connectivity index is 2.12. The number of nitrogens with two attached hydrogens (primary N) is 1. The number of anilines is 1. The van der Waals surface area contributed by atoms with E-state index in [1.807, 2.05) is 12.1 Å². The van der Waals surface area contributed by atoms with E-state index in [4.69, 9.17) is 5.73 Å². The lowest BCUT2D eigenvalue weighted by Gasteiger charge is -2.28. The van der Waals surface area contributed by atoms with Crippen LogP contribution in [0.2, 0.25) is 0 Å². The quantitative estimate of drug-likeness (QED) is 0.773. The summed E-state index contributed by atoms with van der Waals surface area (Å²) in [7, 11) is 0. The van der Waals surface area contributed by atoms with Gasteiger partial charge in [0.05, 0.1) is 0 Å². The van der Waals surface area contributed by atoms with Crippen LogP contribution in [0.3, 0.4) is 0 Å². The number of hydrogen-bond donors (Lipinski definition) is 1. The molecule has 1 aromatic rings. The minimum absolute atomic E-state index is 0.618. The molecule has 1 aromatic carbocycles. The Morgan fingerprint density at radius 2 is 1.93 bits per heavy atom. The molecule has 0 saturated carbocycles. The van der Waals surface area contributed by atoms with Gasteiger partial charge in [-0.05, 0) is 47.8 Å². The van der Waals surface area contributed by atoms with Crippen LogP contribution in [0.4, 0.5) is 5.69 Å². The highest BCUT2D eigenvalue weighted by molar-refractivity contribution is 7.99. The summed E-state index contributed by atoms with van der Waals surface area (Å²) in [5, 5.41) is 0. The van der Waals surface area contributed by atoms with E-state index in [2.05, 4.69) is 30.8 Å². The maximum atomic E-state index is 6.02. The fourth-order valence-corrected chi connectivity index (χ4v) is 3.54. The van der Waals surface area contributed by atoms with Gasteiger partial charge in [-0.1, -0.05) is 25.1 Å². The van der Waals surface area contributed by atoms with Crippen LogP contribution in [-0.4, -0.2) is 11.5 Å². The van der Waals surface area contributed by atoms with Crippen molar-refractivity contribution in [3.63, 3.8) is 0 Å². The Kier molecular flexibility index (Phi) is 3.57. The number of rotatable bonds is 2. The fourth-order valence-electron chi connectivity index (χ4n) is 2.40. The zero-order valence-corrected chi connectivity index (χ0v) is 10.1. The largest absolute Gasteiger partial charge is 0.398 e. The molecule has 15 heavy (non-hydrogen) atoms. The zero-order valence-electron chi connectivity index (χ0n) is 9.28. The second-order valence-electron chi connectivity index (χ2n) is 4.37. The van der Waals surface area contributed by atoms with Crippen LogP contribution in [0.25, 0.3) is 0 Å². The summed E-state index contributed by atoms with van der Waals surface area (Å²) in [5.41, 5.74) is 8.33. The van der Waals surface area contributed by atoms with Crippen molar-refractivity contribution in [3.05, 3.63) is 29.8 Å². The van der Waals surface area contributed by atoms with E-state index in [1.165, 1.54) is 29.9 Å². The second kappa shape index (κ2) is 4.93. The predicted molar refractivity (Wildman–Crippen MR) is 69.3 cm³/mol. The number of nitrogen functional groups attached to an aromatic ring is 1. The molecule has 82 valence electrons. The predicted octanol–water partition coefficient (Wildman–Crippen LogP) is 3.52. The smallest absolute Gasteiger partial charge is 0.0349 e. The molecule has 1 fully saturated rings. The highest BCUT2D eigenvalue weighted by Crippen LogP contribution is 2.36. The van der Waals surface area contributed by atoms with Crippen molar-refractivity contribution in [2.24, 2.45) is 5.92 Å². The van der Waals surface area contributed by atoms with Gasteiger partial charge in [0.1, 0.15) is 0 Å². The van der Waals surface area contributed by atoms with Crippen molar-refractivity contribution in [1.82, 2.24) is 0 Å². The molecule has 1 nitrogen and oxygen atoms in total. The van der Waals surface area contributed by atoms with Gasteiger partial charge in [0.2, 0.25) is 0 Å². The van der Waals surface area contributed by atoms with Gasteiger partial charge in [0.15, 0.2) is 0 Å². The molecule has 1 aliphatic rings. The molecule has 1 aliphatic heterocycles. The zero-order chi connectivity index (χ0) is 10.7. The van der Waals surface area contributed by atoms with Crippen LogP contribution >= 0.6 is 11.8 Å². The molecule has 0 radical (unpaired) electrons. The van der Waals surface area contributed by atoms with E-state index in [0.717, 1.165) is 11.6 Å². The molecule has 0 bridgehead atoms. The first-order valence-electron chi connectivity index (χ1n) is 5.71. The highest BCUT2D eigenvalue weighted by Gasteiger charge is 2.22. The molecule has 1 heterocycles. The first kappa shape index (κ1) is 10.9. The Hall–Kier alpha value is -0.630. The van der Waals surface area contributed by atoms with E-state index in [1.54, 1.807) is 0 Å². The summed E-state index contributed by atoms with van der Waals surface area (Å²) in [4.78, 5) is 0. The van der Waals surface area contributed by atoms with Gasteiger partial charge in [0.25, 0.3) is 0 Å². The first-order chi connectivity index (χ1) is 7.29. The number of para-hydroxylation sites is 1. The van der Waals surface area contributed by atoms with Gasteiger partial charge >= 0.3 is 0 Å². The number of thioether (sulfide) groups is 1. The average molecular weight is 221 g/mol. The third-order valence-electron chi connectivity index (χ3n) is 3.46. The van der Waals surface area contributed by atoms with Gasteiger partial charge < -0.3 is 5.73 Å². The van der Waals surface area contributed by atoms with E-state index in [9.17, 15) is 0 Å². The van der Waals surface area contributed by atoms with Gasteiger partial charge in [-0.25, -0.2) is 0 Å². The topological polar surface area (TPSA) is 26.0 Å². The van der Waals surface area contributed by atoms with Crippen molar-refractivity contribution in [1.29, 1.82) is 0 Å². The van der Waals surface area contributed by atoms with Crippen LogP contribution in [0.5, 0.6) is 0 Å². The van der Waals surface area contributed by atoms with Crippen molar-refractivity contribution >= 4 is 17.4 Å². The third-order valence-corrected chi connectivity index (χ3v) is 4.51. The van der Waals surface area contributed by atoms with Crippen molar-refractivity contribution in [2.75, 3.05) is 17.2 Å². The van der Waals surface area contributed by atoms with E-state index < -0.39 is 0 Å². The summed E-state index contributed by atoms with van der Waals surface area (Å²) < 4.78 is 0. The molecule has 0 aromatic heterocycles. The van der Waals surface area contributed by atoms with Crippen LogP contribution in [0.1, 0.15) is 31.2 Å². The summed E-state index contributed by atoms with van der Waals surface area (Å²) in [6.45, 7) is 2.33. The molecule has 1 unspecified atom stereocenters. The van der Waals surface area contributed by atoms with Gasteiger partial charge in [0, 0.05) is 5.69 Å². The Morgan fingerprint density at radius 3 is 2.60 bits per heavy atom. The summed E-state index contributed by atoms with van der Waals surface area (Å²) in [6.07, 6.45) is 2.69. The summed E-state index contributed by atoms with van der Waals surface area (Å²) in [6, 6.07) is 8.31. The average Bonchev–Trinajstić information content (AvgIpc) is 2.30. The standard InChI is InChI=1S/C13H19NS/c1-10(11-6-8-15-9-7-11)12-4-2-3-5-13(12)14/h2-5,10-11H,6-9,14H2,1H3. The first-order valence-corrected chi connectivity index (χ1v) is 6.86. The van der Waals surface area contributed by atoms with E-state index in [-0.39, 0.29) is 0 Å². The Labute approximate surface area is 96.4 Å². The highest BCUT2D eigenvalue weighted by atomic mass is 32.2. The second-order valence-corrected chi connectivity index (χ2v) is 5.59. The lowest BCUT2D eigenvalue weighted by Crippen LogP contribution is -2.17. The van der Waals surface area contributed by atoms with E-state index >= 15 is 0 Å². The summed E-state index contributed by atoms with van der Waals surface area (Å²) >= 11 is 2.08.